The molecule has 2 aromatic heterocycles. The third kappa shape index (κ3) is 3.86. The Morgan fingerprint density at radius 1 is 1.59 bits per heavy atom. The van der Waals surface area contributed by atoms with Gasteiger partial charge in [-0.05, 0) is 26.0 Å². The molecule has 8 heteroatoms. The topological polar surface area (TPSA) is 72.7 Å². The number of allylic oxidation sites excluding steroid dienone is 1. The first-order valence-electron chi connectivity index (χ1n) is 6.61. The summed E-state index contributed by atoms with van der Waals surface area (Å²) in [7, 11) is 0. The highest BCUT2D eigenvalue weighted by Gasteiger charge is 2.19. The predicted octanol–water partition coefficient (Wildman–Crippen LogP) is 2.94. The summed E-state index contributed by atoms with van der Waals surface area (Å²) >= 11 is 7.26. The minimum atomic E-state index is -0.358. The van der Waals surface area contributed by atoms with E-state index in [1.165, 1.54) is 11.8 Å². The number of aromatic nitrogens is 4. The summed E-state index contributed by atoms with van der Waals surface area (Å²) in [6.45, 7) is 7.97. The maximum Gasteiger partial charge on any atom is 0.237 e. The van der Waals surface area contributed by atoms with Crippen LogP contribution >= 0.6 is 23.4 Å². The molecule has 2 aromatic rings. The van der Waals surface area contributed by atoms with E-state index in [0.717, 1.165) is 5.82 Å². The lowest BCUT2D eigenvalue weighted by Crippen LogP contribution is -2.23. The molecule has 0 bridgehead atoms. The van der Waals surface area contributed by atoms with Gasteiger partial charge < -0.3 is 9.88 Å². The summed E-state index contributed by atoms with van der Waals surface area (Å²) in [5, 5.41) is 11.5. The van der Waals surface area contributed by atoms with Gasteiger partial charge in [0.15, 0.2) is 10.3 Å². The molecular weight excluding hydrogens is 322 g/mol. The zero-order chi connectivity index (χ0) is 16.1. The molecule has 2 rings (SSSR count). The molecule has 116 valence electrons. The van der Waals surface area contributed by atoms with Gasteiger partial charge in [-0.2, -0.15) is 0 Å². The number of nitrogens with zero attached hydrogens (tertiary/aromatic N) is 4. The smallest absolute Gasteiger partial charge is 0.237 e. The fourth-order valence-corrected chi connectivity index (χ4v) is 2.78. The highest BCUT2D eigenvalue weighted by molar-refractivity contribution is 8.00. The summed E-state index contributed by atoms with van der Waals surface area (Å²) in [5.74, 6) is 0.607. The summed E-state index contributed by atoms with van der Waals surface area (Å²) < 4.78 is 1.90. The number of amides is 1. The molecule has 1 N–H and O–H groups in total. The second-order valence-corrected chi connectivity index (χ2v) is 6.19. The number of hydrogen-bond donors (Lipinski definition) is 1. The van der Waals surface area contributed by atoms with Crippen LogP contribution in [0, 0.1) is 6.92 Å². The maximum atomic E-state index is 12.2. The molecule has 0 aromatic carbocycles. The fraction of sp³-hybridized carbons (Fsp3) is 0.286. The first kappa shape index (κ1) is 16.5. The van der Waals surface area contributed by atoms with Gasteiger partial charge in [0.25, 0.3) is 0 Å². The Morgan fingerprint density at radius 3 is 3.05 bits per heavy atom. The van der Waals surface area contributed by atoms with E-state index in [1.54, 1.807) is 31.3 Å². The van der Waals surface area contributed by atoms with Gasteiger partial charge in [-0.1, -0.05) is 29.4 Å². The SMILES string of the molecule is C=CCn1c(C)nnc1S[C@@H](C)C(=O)Nc1cccnc1Cl. The Balaban J connectivity index is 2.06. The van der Waals surface area contributed by atoms with E-state index in [-0.39, 0.29) is 16.3 Å². The molecular formula is C14H16ClN5OS. The molecule has 2 heterocycles. The lowest BCUT2D eigenvalue weighted by atomic mass is 10.4. The van der Waals surface area contributed by atoms with Gasteiger partial charge in [0.2, 0.25) is 5.91 Å². The molecule has 0 spiro atoms. The number of carbonyl (C=O) groups excluding carboxylic acids is 1. The summed E-state index contributed by atoms with van der Waals surface area (Å²) in [5.41, 5.74) is 0.491. The van der Waals surface area contributed by atoms with Gasteiger partial charge in [-0.25, -0.2) is 4.98 Å². The lowest BCUT2D eigenvalue weighted by molar-refractivity contribution is -0.115. The second kappa shape index (κ2) is 7.42. The standard InChI is InChI=1S/C14H16ClN5OS/c1-4-8-20-10(3)18-19-14(20)22-9(2)13(21)17-11-6-5-7-16-12(11)15/h4-7,9H,1,8H2,2-3H3,(H,17,21)/t9-/m0/s1. The number of carbonyl (C=O) groups is 1. The van der Waals surface area contributed by atoms with Crippen LogP contribution in [0.3, 0.4) is 0 Å². The van der Waals surface area contributed by atoms with Crippen LogP contribution in [0.1, 0.15) is 12.7 Å². The van der Waals surface area contributed by atoms with Gasteiger partial charge in [-0.15, -0.1) is 16.8 Å². The minimum Gasteiger partial charge on any atom is -0.322 e. The number of anilines is 1. The molecule has 1 atom stereocenters. The normalized spacial score (nSPS) is 12.0. The minimum absolute atomic E-state index is 0.175. The van der Waals surface area contributed by atoms with Crippen LogP contribution in [0.15, 0.2) is 36.1 Å². The van der Waals surface area contributed by atoms with Crippen LogP contribution < -0.4 is 5.32 Å². The first-order chi connectivity index (χ1) is 10.5. The molecule has 22 heavy (non-hydrogen) atoms. The predicted molar refractivity (Wildman–Crippen MR) is 88.2 cm³/mol. The number of pyridine rings is 1. The van der Waals surface area contributed by atoms with E-state index < -0.39 is 0 Å². The largest absolute Gasteiger partial charge is 0.322 e. The van der Waals surface area contributed by atoms with Crippen molar-refractivity contribution in [2.75, 3.05) is 5.32 Å². The van der Waals surface area contributed by atoms with Crippen LogP contribution in [-0.4, -0.2) is 30.9 Å². The first-order valence-corrected chi connectivity index (χ1v) is 7.87. The number of rotatable bonds is 6. The Labute approximate surface area is 138 Å². The molecule has 0 fully saturated rings. The van der Waals surface area contributed by atoms with E-state index >= 15 is 0 Å². The van der Waals surface area contributed by atoms with Crippen molar-refractivity contribution >= 4 is 35.0 Å². The van der Waals surface area contributed by atoms with Crippen molar-refractivity contribution in [2.45, 2.75) is 30.8 Å². The quantitative estimate of drug-likeness (QED) is 0.498. The van der Waals surface area contributed by atoms with Crippen molar-refractivity contribution in [3.8, 4) is 0 Å². The van der Waals surface area contributed by atoms with E-state index in [1.807, 2.05) is 11.5 Å². The molecule has 0 unspecified atom stereocenters. The van der Waals surface area contributed by atoms with Crippen molar-refractivity contribution in [2.24, 2.45) is 0 Å². The van der Waals surface area contributed by atoms with Gasteiger partial charge in [0.1, 0.15) is 5.82 Å². The zero-order valence-electron chi connectivity index (χ0n) is 12.3. The van der Waals surface area contributed by atoms with Gasteiger partial charge in [-0.3, -0.25) is 4.79 Å². The monoisotopic (exact) mass is 337 g/mol. The van der Waals surface area contributed by atoms with Crippen molar-refractivity contribution in [1.82, 2.24) is 19.7 Å². The van der Waals surface area contributed by atoms with Crippen LogP contribution in [-0.2, 0) is 11.3 Å². The van der Waals surface area contributed by atoms with E-state index in [2.05, 4.69) is 27.1 Å². The second-order valence-electron chi connectivity index (χ2n) is 4.52. The lowest BCUT2D eigenvalue weighted by Gasteiger charge is -2.12. The van der Waals surface area contributed by atoms with Crippen molar-refractivity contribution in [1.29, 1.82) is 0 Å². The number of aryl methyl sites for hydroxylation is 1. The van der Waals surface area contributed by atoms with Gasteiger partial charge in [0.05, 0.1) is 10.9 Å². The molecule has 0 radical (unpaired) electrons. The van der Waals surface area contributed by atoms with Crippen molar-refractivity contribution in [3.63, 3.8) is 0 Å². The average Bonchev–Trinajstić information content (AvgIpc) is 2.83. The van der Waals surface area contributed by atoms with E-state index in [0.29, 0.717) is 17.4 Å². The van der Waals surface area contributed by atoms with Crippen LogP contribution in [0.25, 0.3) is 0 Å². The Kier molecular flexibility index (Phi) is 5.57. The summed E-state index contributed by atoms with van der Waals surface area (Å²) in [4.78, 5) is 16.2. The molecule has 6 nitrogen and oxygen atoms in total. The maximum absolute atomic E-state index is 12.2. The van der Waals surface area contributed by atoms with E-state index in [9.17, 15) is 4.79 Å². The Bertz CT molecular complexity index is 688. The summed E-state index contributed by atoms with van der Waals surface area (Å²) in [6.07, 6.45) is 3.33. The Morgan fingerprint density at radius 2 is 2.36 bits per heavy atom. The molecule has 0 aliphatic carbocycles. The molecule has 0 saturated heterocycles. The molecule has 0 aliphatic rings. The summed E-state index contributed by atoms with van der Waals surface area (Å²) in [6, 6.07) is 3.42. The van der Waals surface area contributed by atoms with Crippen molar-refractivity contribution < 1.29 is 4.79 Å². The Hall–Kier alpha value is -1.86. The zero-order valence-corrected chi connectivity index (χ0v) is 13.9. The number of nitrogens with one attached hydrogen (secondary N) is 1. The fourth-order valence-electron chi connectivity index (χ4n) is 1.71. The number of hydrogen-bond acceptors (Lipinski definition) is 5. The number of thioether (sulfide) groups is 1. The average molecular weight is 338 g/mol. The van der Waals surface area contributed by atoms with Crippen LogP contribution in [0.5, 0.6) is 0 Å². The van der Waals surface area contributed by atoms with Crippen LogP contribution in [0.2, 0.25) is 5.15 Å². The highest BCUT2D eigenvalue weighted by atomic mass is 35.5. The van der Waals surface area contributed by atoms with Crippen LogP contribution in [0.4, 0.5) is 5.69 Å². The van der Waals surface area contributed by atoms with E-state index in [4.69, 9.17) is 11.6 Å². The molecule has 0 saturated carbocycles. The molecule has 1 amide bonds. The third-order valence-electron chi connectivity index (χ3n) is 2.88. The van der Waals surface area contributed by atoms with Gasteiger partial charge in [0, 0.05) is 12.7 Å². The van der Waals surface area contributed by atoms with Gasteiger partial charge >= 0.3 is 0 Å². The molecule has 0 aliphatic heterocycles. The number of halogens is 1. The van der Waals surface area contributed by atoms with Crippen molar-refractivity contribution in [3.05, 3.63) is 42.0 Å². The highest BCUT2D eigenvalue weighted by Crippen LogP contribution is 2.24. The third-order valence-corrected chi connectivity index (χ3v) is 4.26.